The van der Waals surface area contributed by atoms with Gasteiger partial charge in [-0.15, -0.1) is 11.3 Å². The number of nitrogens with zero attached hydrogens (tertiary/aromatic N) is 2. The number of Topliss-reactive ketones (excluding diaryl/α,β-unsaturated/α-hetero) is 1. The van der Waals surface area contributed by atoms with Crippen molar-refractivity contribution in [2.45, 2.75) is 19.9 Å². The van der Waals surface area contributed by atoms with Crippen molar-refractivity contribution >= 4 is 27.3 Å². The Labute approximate surface area is 134 Å². The highest BCUT2D eigenvalue weighted by atomic mass is 32.1. The third kappa shape index (κ3) is 2.92. The lowest BCUT2D eigenvalue weighted by Crippen LogP contribution is -2.24. The van der Waals surface area contributed by atoms with Crippen LogP contribution < -0.4 is 5.56 Å². The van der Waals surface area contributed by atoms with E-state index in [1.54, 1.807) is 6.07 Å². The van der Waals surface area contributed by atoms with Crippen LogP contribution in [0.3, 0.4) is 0 Å². The molecule has 0 saturated heterocycles. The Bertz CT molecular complexity index is 962. The number of halogens is 2. The van der Waals surface area contributed by atoms with E-state index in [-0.39, 0.29) is 17.7 Å². The van der Waals surface area contributed by atoms with Gasteiger partial charge >= 0.3 is 0 Å². The minimum absolute atomic E-state index is 0.252. The zero-order valence-electron chi connectivity index (χ0n) is 12.2. The van der Waals surface area contributed by atoms with Gasteiger partial charge in [-0.2, -0.15) is 0 Å². The van der Waals surface area contributed by atoms with Crippen LogP contribution in [-0.4, -0.2) is 15.3 Å². The van der Waals surface area contributed by atoms with Crippen LogP contribution in [0.5, 0.6) is 0 Å². The molecule has 0 amide bonds. The number of aromatic nitrogens is 2. The van der Waals surface area contributed by atoms with Gasteiger partial charge in [0.1, 0.15) is 16.5 Å². The van der Waals surface area contributed by atoms with Crippen molar-refractivity contribution in [2.75, 3.05) is 0 Å². The van der Waals surface area contributed by atoms with Gasteiger partial charge in [-0.3, -0.25) is 14.2 Å². The second-order valence-corrected chi connectivity index (χ2v) is 6.13. The van der Waals surface area contributed by atoms with E-state index in [0.717, 1.165) is 28.0 Å². The summed E-state index contributed by atoms with van der Waals surface area (Å²) < 4.78 is 27.7. The van der Waals surface area contributed by atoms with Crippen LogP contribution in [0, 0.1) is 11.6 Å². The molecule has 0 atom stereocenters. The molecule has 7 heteroatoms. The predicted octanol–water partition coefficient (Wildman–Crippen LogP) is 3.18. The number of benzene rings is 1. The number of carbonyl (C=O) groups is 1. The van der Waals surface area contributed by atoms with Gasteiger partial charge in [0.05, 0.1) is 23.8 Å². The molecule has 0 spiro atoms. The fourth-order valence-electron chi connectivity index (χ4n) is 2.25. The summed E-state index contributed by atoms with van der Waals surface area (Å²) in [4.78, 5) is 30.3. The summed E-state index contributed by atoms with van der Waals surface area (Å²) in [7, 11) is 0. The maximum absolute atomic E-state index is 13.6. The Kier molecular flexibility index (Phi) is 4.04. The molecule has 2 heterocycles. The molecule has 4 nitrogen and oxygen atoms in total. The third-order valence-corrected chi connectivity index (χ3v) is 4.65. The zero-order chi connectivity index (χ0) is 16.6. The average molecular weight is 334 g/mol. The molecule has 2 aromatic heterocycles. The van der Waals surface area contributed by atoms with Crippen molar-refractivity contribution < 1.29 is 13.6 Å². The normalized spacial score (nSPS) is 11.1. The number of hydrogen-bond donors (Lipinski definition) is 0. The van der Waals surface area contributed by atoms with Crippen LogP contribution in [0.4, 0.5) is 8.78 Å². The smallest absolute Gasteiger partial charge is 0.262 e. The maximum Gasteiger partial charge on any atom is 0.262 e. The first-order valence-electron chi connectivity index (χ1n) is 6.95. The summed E-state index contributed by atoms with van der Waals surface area (Å²) in [5.74, 6) is -2.32. The Morgan fingerprint density at radius 2 is 2.09 bits per heavy atom. The summed E-state index contributed by atoms with van der Waals surface area (Å²) in [6.45, 7) is 1.63. The van der Waals surface area contributed by atoms with Crippen molar-refractivity contribution in [3.8, 4) is 0 Å². The minimum atomic E-state index is -0.944. The Morgan fingerprint density at radius 1 is 1.30 bits per heavy atom. The lowest BCUT2D eigenvalue weighted by atomic mass is 10.1. The molecule has 0 bridgehead atoms. The van der Waals surface area contributed by atoms with Crippen molar-refractivity contribution in [3.05, 3.63) is 63.0 Å². The molecule has 0 aliphatic carbocycles. The van der Waals surface area contributed by atoms with Gasteiger partial charge in [0, 0.05) is 10.9 Å². The Hall–Kier alpha value is -2.41. The quantitative estimate of drug-likeness (QED) is 0.689. The van der Waals surface area contributed by atoms with Crippen LogP contribution in [-0.2, 0) is 13.0 Å². The highest BCUT2D eigenvalue weighted by molar-refractivity contribution is 7.18. The van der Waals surface area contributed by atoms with Crippen molar-refractivity contribution in [1.29, 1.82) is 0 Å². The minimum Gasteiger partial charge on any atom is -0.292 e. The van der Waals surface area contributed by atoms with Gasteiger partial charge in [0.15, 0.2) is 5.78 Å². The number of fused-ring (bicyclic) bond motifs is 1. The number of ketones is 1. The first-order valence-corrected chi connectivity index (χ1v) is 7.77. The molecule has 1 aromatic carbocycles. The summed E-state index contributed by atoms with van der Waals surface area (Å²) in [6, 6.07) is 4.48. The molecule has 0 N–H and O–H groups in total. The molecule has 0 fully saturated rings. The summed E-state index contributed by atoms with van der Waals surface area (Å²) in [6.07, 6.45) is 2.07. The van der Waals surface area contributed by atoms with Gasteiger partial charge < -0.3 is 0 Å². The molecule has 0 unspecified atom stereocenters. The van der Waals surface area contributed by atoms with Gasteiger partial charge in [-0.05, 0) is 24.6 Å². The third-order valence-electron chi connectivity index (χ3n) is 3.46. The van der Waals surface area contributed by atoms with E-state index in [4.69, 9.17) is 0 Å². The molecule has 0 radical (unpaired) electrons. The SMILES string of the molecule is CCc1cc2c(=O)n(CC(=O)c3ccc(F)cc3F)cnc2s1. The van der Waals surface area contributed by atoms with Crippen molar-refractivity contribution in [2.24, 2.45) is 0 Å². The van der Waals surface area contributed by atoms with E-state index >= 15 is 0 Å². The summed E-state index contributed by atoms with van der Waals surface area (Å²) in [5.41, 5.74) is -0.597. The maximum atomic E-state index is 13.6. The van der Waals surface area contributed by atoms with Crippen LogP contribution in [0.2, 0.25) is 0 Å². The average Bonchev–Trinajstić information content (AvgIpc) is 2.94. The number of rotatable bonds is 4. The lowest BCUT2D eigenvalue weighted by molar-refractivity contribution is 0.0966. The molecule has 0 aliphatic rings. The van der Waals surface area contributed by atoms with Gasteiger partial charge in [0.2, 0.25) is 0 Å². The first-order chi connectivity index (χ1) is 11.0. The van der Waals surface area contributed by atoms with Crippen LogP contribution in [0.15, 0.2) is 35.4 Å². The topological polar surface area (TPSA) is 52.0 Å². The zero-order valence-corrected chi connectivity index (χ0v) is 13.0. The molecule has 0 aliphatic heterocycles. The monoisotopic (exact) mass is 334 g/mol. The number of aryl methyl sites for hydroxylation is 1. The molecule has 23 heavy (non-hydrogen) atoms. The standard InChI is InChI=1S/C16H12F2N2O2S/c1-2-10-6-12-15(23-10)19-8-20(16(12)22)7-14(21)11-4-3-9(17)5-13(11)18/h3-6,8H,2,7H2,1H3. The summed E-state index contributed by atoms with van der Waals surface area (Å²) >= 11 is 1.43. The second kappa shape index (κ2) is 6.00. The van der Waals surface area contributed by atoms with Crippen LogP contribution in [0.1, 0.15) is 22.2 Å². The second-order valence-electron chi connectivity index (χ2n) is 5.01. The van der Waals surface area contributed by atoms with Crippen molar-refractivity contribution in [3.63, 3.8) is 0 Å². The number of hydrogen-bond acceptors (Lipinski definition) is 4. The summed E-state index contributed by atoms with van der Waals surface area (Å²) in [5, 5.41) is 0.446. The fraction of sp³-hybridized carbons (Fsp3) is 0.188. The van der Waals surface area contributed by atoms with Gasteiger partial charge in [0.25, 0.3) is 5.56 Å². The van der Waals surface area contributed by atoms with Gasteiger partial charge in [-0.25, -0.2) is 13.8 Å². The number of carbonyl (C=O) groups excluding carboxylic acids is 1. The Balaban J connectivity index is 1.96. The fourth-order valence-corrected chi connectivity index (χ4v) is 3.18. The highest BCUT2D eigenvalue weighted by Gasteiger charge is 2.15. The number of thiophene rings is 1. The van der Waals surface area contributed by atoms with E-state index in [1.165, 1.54) is 17.7 Å². The van der Waals surface area contributed by atoms with Gasteiger partial charge in [-0.1, -0.05) is 6.92 Å². The molecule has 118 valence electrons. The van der Waals surface area contributed by atoms with Crippen molar-refractivity contribution in [1.82, 2.24) is 9.55 Å². The molecule has 3 aromatic rings. The van der Waals surface area contributed by atoms with Crippen LogP contribution >= 0.6 is 11.3 Å². The lowest BCUT2D eigenvalue weighted by Gasteiger charge is -2.05. The predicted molar refractivity (Wildman–Crippen MR) is 83.9 cm³/mol. The molecule has 3 rings (SSSR count). The molecular weight excluding hydrogens is 322 g/mol. The van der Waals surface area contributed by atoms with E-state index < -0.39 is 17.4 Å². The van der Waals surface area contributed by atoms with E-state index in [0.29, 0.717) is 16.3 Å². The molecular formula is C16H12F2N2O2S. The van der Waals surface area contributed by atoms with E-state index in [2.05, 4.69) is 4.98 Å². The van der Waals surface area contributed by atoms with E-state index in [1.807, 2.05) is 6.92 Å². The Morgan fingerprint density at radius 3 is 2.78 bits per heavy atom. The highest BCUT2D eigenvalue weighted by Crippen LogP contribution is 2.21. The largest absolute Gasteiger partial charge is 0.292 e. The van der Waals surface area contributed by atoms with E-state index in [9.17, 15) is 18.4 Å². The van der Waals surface area contributed by atoms with Crippen LogP contribution in [0.25, 0.3) is 10.2 Å². The first kappa shape index (κ1) is 15.5. The molecule has 0 saturated carbocycles.